The number of hydrogen-bond acceptors (Lipinski definition) is 3. The van der Waals surface area contributed by atoms with Crippen LogP contribution in [0.5, 0.6) is 0 Å². The molecule has 4 nitrogen and oxygen atoms in total. The summed E-state index contributed by atoms with van der Waals surface area (Å²) in [6, 6.07) is 7.48. The fraction of sp³-hybridized carbons (Fsp3) is 0.429. The Morgan fingerprint density at radius 2 is 2.00 bits per heavy atom. The summed E-state index contributed by atoms with van der Waals surface area (Å²) in [5.74, 6) is 0.0201. The molecule has 1 atom stereocenters. The van der Waals surface area contributed by atoms with Crippen LogP contribution in [0.25, 0.3) is 0 Å². The number of hydrogen-bond donors (Lipinski definition) is 0. The van der Waals surface area contributed by atoms with Crippen LogP contribution in [-0.4, -0.2) is 40.7 Å². The Morgan fingerprint density at radius 3 is 2.68 bits per heavy atom. The first kappa shape index (κ1) is 19.7. The lowest BCUT2D eigenvalue weighted by atomic mass is 9.93. The molecule has 7 heteroatoms. The van der Waals surface area contributed by atoms with Gasteiger partial charge in [-0.25, -0.2) is 0 Å². The van der Waals surface area contributed by atoms with Crippen molar-refractivity contribution < 1.29 is 9.59 Å². The van der Waals surface area contributed by atoms with Crippen molar-refractivity contribution >= 4 is 46.4 Å². The van der Waals surface area contributed by atoms with E-state index in [2.05, 4.69) is 11.4 Å². The molecule has 1 unspecified atom stereocenters. The standard InChI is InChI=1S/C21H22Cl2N2O2S/c1-2-19(26)25(14-4-5-14)12-20(27)24-9-7-18-16(8-10-28-18)21(24)15-6-3-13(22)11-17(15)23/h3,6,8,10-11,14,21H,2,4-5,7,9,12H2,1H3. The third-order valence-corrected chi connectivity index (χ3v) is 7.02. The minimum absolute atomic E-state index is 0.0263. The maximum Gasteiger partial charge on any atom is 0.243 e. The number of carbonyl (C=O) groups excluding carboxylic acids is 2. The number of benzene rings is 1. The van der Waals surface area contributed by atoms with Crippen molar-refractivity contribution in [1.29, 1.82) is 0 Å². The SMILES string of the molecule is CCC(=O)N(CC(=O)N1CCc2sccc2C1c1ccc(Cl)cc1Cl)C1CC1. The Bertz CT molecular complexity index is 910. The van der Waals surface area contributed by atoms with Crippen molar-refractivity contribution in [2.75, 3.05) is 13.1 Å². The summed E-state index contributed by atoms with van der Waals surface area (Å²) >= 11 is 14.3. The van der Waals surface area contributed by atoms with Gasteiger partial charge in [0.1, 0.15) is 6.54 Å². The number of carbonyl (C=O) groups is 2. The third kappa shape index (κ3) is 3.80. The van der Waals surface area contributed by atoms with E-state index in [0.29, 0.717) is 23.0 Å². The number of halogens is 2. The summed E-state index contributed by atoms with van der Waals surface area (Å²) in [6.45, 7) is 2.60. The highest BCUT2D eigenvalue weighted by molar-refractivity contribution is 7.10. The van der Waals surface area contributed by atoms with Gasteiger partial charge in [0.25, 0.3) is 0 Å². The average Bonchev–Trinajstić information content (AvgIpc) is 3.41. The molecule has 4 rings (SSSR count). The lowest BCUT2D eigenvalue weighted by molar-refractivity contribution is -0.142. The minimum atomic E-state index is -0.245. The maximum absolute atomic E-state index is 13.3. The Labute approximate surface area is 179 Å². The minimum Gasteiger partial charge on any atom is -0.330 e. The van der Waals surface area contributed by atoms with Crippen molar-refractivity contribution in [3.8, 4) is 0 Å². The lowest BCUT2D eigenvalue weighted by Crippen LogP contribution is -2.47. The van der Waals surface area contributed by atoms with E-state index in [1.165, 1.54) is 4.88 Å². The van der Waals surface area contributed by atoms with E-state index in [1.54, 1.807) is 22.3 Å². The molecule has 1 saturated carbocycles. The Kier molecular flexibility index (Phi) is 5.68. The van der Waals surface area contributed by atoms with Gasteiger partial charge in [-0.2, -0.15) is 0 Å². The Morgan fingerprint density at radius 1 is 1.21 bits per heavy atom. The van der Waals surface area contributed by atoms with Gasteiger partial charge < -0.3 is 9.80 Å². The van der Waals surface area contributed by atoms with Crippen LogP contribution in [0.4, 0.5) is 0 Å². The van der Waals surface area contributed by atoms with Crippen LogP contribution in [0.1, 0.15) is 48.2 Å². The quantitative estimate of drug-likeness (QED) is 0.666. The van der Waals surface area contributed by atoms with Crippen molar-refractivity contribution in [2.45, 2.75) is 44.7 Å². The molecule has 1 aromatic heterocycles. The first-order valence-electron chi connectivity index (χ1n) is 9.59. The first-order valence-corrected chi connectivity index (χ1v) is 11.2. The molecule has 2 aliphatic rings. The second-order valence-electron chi connectivity index (χ2n) is 7.31. The van der Waals surface area contributed by atoms with Crippen LogP contribution in [-0.2, 0) is 16.0 Å². The molecule has 0 N–H and O–H groups in total. The molecule has 148 valence electrons. The molecular formula is C21H22Cl2N2O2S. The Hall–Kier alpha value is -1.56. The average molecular weight is 437 g/mol. The fourth-order valence-corrected chi connectivity index (χ4v) is 5.31. The number of amides is 2. The van der Waals surface area contributed by atoms with E-state index >= 15 is 0 Å². The highest BCUT2D eigenvalue weighted by atomic mass is 35.5. The van der Waals surface area contributed by atoms with E-state index in [1.807, 2.05) is 24.0 Å². The van der Waals surface area contributed by atoms with Gasteiger partial charge in [-0.3, -0.25) is 9.59 Å². The second kappa shape index (κ2) is 8.05. The number of thiophene rings is 1. The van der Waals surface area contributed by atoms with Crippen LogP contribution in [0.3, 0.4) is 0 Å². The summed E-state index contributed by atoms with van der Waals surface area (Å²) in [6.07, 6.45) is 3.22. The summed E-state index contributed by atoms with van der Waals surface area (Å²) in [4.78, 5) is 30.6. The molecule has 2 amide bonds. The highest BCUT2D eigenvalue weighted by Gasteiger charge is 2.38. The van der Waals surface area contributed by atoms with Crippen LogP contribution in [0.15, 0.2) is 29.6 Å². The molecule has 0 spiro atoms. The van der Waals surface area contributed by atoms with E-state index in [0.717, 1.165) is 30.4 Å². The normalized spacial score (nSPS) is 18.7. The molecular weight excluding hydrogens is 415 g/mol. The van der Waals surface area contributed by atoms with Gasteiger partial charge in [-0.15, -0.1) is 11.3 Å². The molecule has 0 saturated heterocycles. The molecule has 1 aromatic carbocycles. The topological polar surface area (TPSA) is 40.6 Å². The van der Waals surface area contributed by atoms with Gasteiger partial charge in [-0.05, 0) is 54.0 Å². The smallest absolute Gasteiger partial charge is 0.243 e. The summed E-state index contributed by atoms with van der Waals surface area (Å²) in [7, 11) is 0. The van der Waals surface area contributed by atoms with Crippen LogP contribution < -0.4 is 0 Å². The lowest BCUT2D eigenvalue weighted by Gasteiger charge is -2.38. The van der Waals surface area contributed by atoms with Gasteiger partial charge in [0.15, 0.2) is 0 Å². The number of fused-ring (bicyclic) bond motifs is 1. The predicted molar refractivity (Wildman–Crippen MR) is 113 cm³/mol. The van der Waals surface area contributed by atoms with E-state index in [9.17, 15) is 9.59 Å². The van der Waals surface area contributed by atoms with Crippen LogP contribution in [0, 0.1) is 0 Å². The number of nitrogens with zero attached hydrogens (tertiary/aromatic N) is 2. The number of rotatable bonds is 5. The van der Waals surface area contributed by atoms with Crippen molar-refractivity contribution in [1.82, 2.24) is 9.80 Å². The van der Waals surface area contributed by atoms with Gasteiger partial charge in [0.2, 0.25) is 11.8 Å². The highest BCUT2D eigenvalue weighted by Crippen LogP contribution is 2.41. The van der Waals surface area contributed by atoms with Gasteiger partial charge in [0.05, 0.1) is 6.04 Å². The predicted octanol–water partition coefficient (Wildman–Crippen LogP) is 4.93. The molecule has 0 bridgehead atoms. The van der Waals surface area contributed by atoms with E-state index < -0.39 is 0 Å². The van der Waals surface area contributed by atoms with Gasteiger partial charge in [0, 0.05) is 33.9 Å². The molecule has 1 fully saturated rings. The third-order valence-electron chi connectivity index (χ3n) is 5.46. The summed E-state index contributed by atoms with van der Waals surface area (Å²) < 4.78 is 0. The van der Waals surface area contributed by atoms with Crippen LogP contribution >= 0.6 is 34.5 Å². The van der Waals surface area contributed by atoms with E-state index in [4.69, 9.17) is 23.2 Å². The molecule has 1 aliphatic carbocycles. The van der Waals surface area contributed by atoms with Gasteiger partial charge in [-0.1, -0.05) is 36.2 Å². The molecule has 0 radical (unpaired) electrons. The summed E-state index contributed by atoms with van der Waals surface area (Å²) in [5.41, 5.74) is 1.99. The molecule has 2 heterocycles. The zero-order chi connectivity index (χ0) is 19.8. The van der Waals surface area contributed by atoms with Crippen molar-refractivity contribution in [2.24, 2.45) is 0 Å². The molecule has 2 aromatic rings. The monoisotopic (exact) mass is 436 g/mol. The second-order valence-corrected chi connectivity index (χ2v) is 9.16. The van der Waals surface area contributed by atoms with Gasteiger partial charge >= 0.3 is 0 Å². The first-order chi connectivity index (χ1) is 13.5. The van der Waals surface area contributed by atoms with Crippen LogP contribution in [0.2, 0.25) is 10.0 Å². The molecule has 28 heavy (non-hydrogen) atoms. The maximum atomic E-state index is 13.3. The summed E-state index contributed by atoms with van der Waals surface area (Å²) in [5, 5.41) is 3.19. The van der Waals surface area contributed by atoms with E-state index in [-0.39, 0.29) is 30.4 Å². The zero-order valence-electron chi connectivity index (χ0n) is 15.7. The molecule has 1 aliphatic heterocycles. The Balaban J connectivity index is 1.66. The zero-order valence-corrected chi connectivity index (χ0v) is 18.0. The van der Waals surface area contributed by atoms with Crippen molar-refractivity contribution in [3.63, 3.8) is 0 Å². The largest absolute Gasteiger partial charge is 0.330 e. The fourth-order valence-electron chi connectivity index (χ4n) is 3.89. The van der Waals surface area contributed by atoms with Crippen molar-refractivity contribution in [3.05, 3.63) is 55.7 Å².